The van der Waals surface area contributed by atoms with Gasteiger partial charge in [-0.3, -0.25) is 4.79 Å². The molecule has 0 radical (unpaired) electrons. The van der Waals surface area contributed by atoms with E-state index < -0.39 is 0 Å². The minimum Gasteiger partial charge on any atom is -0.496 e. The molecule has 2 aromatic carbocycles. The van der Waals surface area contributed by atoms with E-state index in [4.69, 9.17) is 13.7 Å². The number of ether oxygens (including phenoxy) is 1. The van der Waals surface area contributed by atoms with Crippen molar-refractivity contribution < 1.29 is 18.5 Å². The first-order valence-electron chi connectivity index (χ1n) is 9.95. The number of aryl methyl sites for hydroxylation is 3. The van der Waals surface area contributed by atoms with Crippen molar-refractivity contribution in [1.29, 1.82) is 0 Å². The van der Waals surface area contributed by atoms with Gasteiger partial charge in [0.2, 0.25) is 5.91 Å². The Balaban J connectivity index is 1.83. The van der Waals surface area contributed by atoms with Crippen LogP contribution in [0.1, 0.15) is 29.2 Å². The number of hydrogen-bond acceptors (Lipinski definition) is 5. The van der Waals surface area contributed by atoms with Crippen molar-refractivity contribution in [3.63, 3.8) is 0 Å². The van der Waals surface area contributed by atoms with Gasteiger partial charge in [0, 0.05) is 34.2 Å². The fourth-order valence-electron chi connectivity index (χ4n) is 3.91. The van der Waals surface area contributed by atoms with Crippen LogP contribution in [-0.2, 0) is 4.79 Å². The molecule has 4 aromatic rings. The first kappa shape index (κ1) is 20.5. The van der Waals surface area contributed by atoms with E-state index in [2.05, 4.69) is 42.5 Å². The monoisotopic (exact) mass is 416 g/mol. The number of nitrogens with zero attached hydrogens (tertiary/aromatic N) is 1. The second-order valence-corrected chi connectivity index (χ2v) is 7.63. The number of aromatic nitrogens is 1. The van der Waals surface area contributed by atoms with Gasteiger partial charge in [-0.2, -0.15) is 0 Å². The Morgan fingerprint density at radius 3 is 2.61 bits per heavy atom. The molecule has 2 heterocycles. The van der Waals surface area contributed by atoms with Crippen molar-refractivity contribution >= 4 is 28.3 Å². The van der Waals surface area contributed by atoms with Crippen molar-refractivity contribution in [3.8, 4) is 16.9 Å². The number of benzene rings is 2. The third kappa shape index (κ3) is 3.84. The Bertz CT molecular complexity index is 1300. The molecular formula is C25H24N2O4. The Hall–Kier alpha value is -3.80. The molecule has 0 unspecified atom stereocenters. The second-order valence-electron chi connectivity index (χ2n) is 7.63. The lowest BCUT2D eigenvalue weighted by Gasteiger charge is -2.13. The molecule has 0 atom stereocenters. The number of furan rings is 1. The zero-order valence-corrected chi connectivity index (χ0v) is 18.2. The average molecular weight is 416 g/mol. The minimum absolute atomic E-state index is 0.298. The Morgan fingerprint density at radius 2 is 1.94 bits per heavy atom. The minimum atomic E-state index is -0.298. The van der Waals surface area contributed by atoms with Crippen LogP contribution in [0.15, 0.2) is 57.9 Å². The van der Waals surface area contributed by atoms with Crippen LogP contribution in [0.2, 0.25) is 0 Å². The van der Waals surface area contributed by atoms with Crippen LogP contribution in [0.5, 0.6) is 5.75 Å². The van der Waals surface area contributed by atoms with E-state index in [0.29, 0.717) is 11.6 Å². The third-order valence-electron chi connectivity index (χ3n) is 5.38. The summed E-state index contributed by atoms with van der Waals surface area (Å²) in [4.78, 5) is 12.4. The van der Waals surface area contributed by atoms with Crippen LogP contribution in [0.3, 0.4) is 0 Å². The molecule has 0 fully saturated rings. The predicted molar refractivity (Wildman–Crippen MR) is 121 cm³/mol. The molecule has 2 aromatic heterocycles. The number of hydrogen-bond donors (Lipinski definition) is 1. The van der Waals surface area contributed by atoms with Crippen molar-refractivity contribution in [2.75, 3.05) is 12.4 Å². The molecule has 6 nitrogen and oxygen atoms in total. The summed E-state index contributed by atoms with van der Waals surface area (Å²) in [5, 5.41) is 7.36. The number of amides is 1. The van der Waals surface area contributed by atoms with E-state index in [-0.39, 0.29) is 5.91 Å². The lowest BCUT2D eigenvalue weighted by molar-refractivity contribution is -0.111. The van der Waals surface area contributed by atoms with Crippen molar-refractivity contribution in [3.05, 3.63) is 71.2 Å². The van der Waals surface area contributed by atoms with E-state index >= 15 is 0 Å². The van der Waals surface area contributed by atoms with Crippen molar-refractivity contribution in [1.82, 2.24) is 5.16 Å². The number of rotatable bonds is 5. The molecule has 6 heteroatoms. The molecule has 0 aliphatic heterocycles. The molecule has 1 N–H and O–H groups in total. The van der Waals surface area contributed by atoms with Crippen LogP contribution in [0.25, 0.3) is 27.7 Å². The van der Waals surface area contributed by atoms with Gasteiger partial charge in [0.25, 0.3) is 0 Å². The molecule has 31 heavy (non-hydrogen) atoms. The van der Waals surface area contributed by atoms with E-state index in [1.54, 1.807) is 19.4 Å². The Labute approximate surface area is 180 Å². The van der Waals surface area contributed by atoms with Gasteiger partial charge in [0.1, 0.15) is 17.6 Å². The quantitative estimate of drug-likeness (QED) is 0.400. The van der Waals surface area contributed by atoms with Crippen molar-refractivity contribution in [2.24, 2.45) is 0 Å². The molecule has 1 amide bonds. The van der Waals surface area contributed by atoms with Gasteiger partial charge in [0.05, 0.1) is 13.4 Å². The summed E-state index contributed by atoms with van der Waals surface area (Å²) < 4.78 is 16.4. The van der Waals surface area contributed by atoms with E-state index in [1.807, 2.05) is 19.9 Å². The van der Waals surface area contributed by atoms with Crippen LogP contribution in [-0.4, -0.2) is 18.2 Å². The summed E-state index contributed by atoms with van der Waals surface area (Å²) in [6.45, 7) is 8.01. The number of carbonyl (C=O) groups excluding carboxylic acids is 1. The first-order valence-corrected chi connectivity index (χ1v) is 9.95. The topological polar surface area (TPSA) is 77.5 Å². The maximum absolute atomic E-state index is 12.4. The maximum Gasteiger partial charge on any atom is 0.249 e. The summed E-state index contributed by atoms with van der Waals surface area (Å²) >= 11 is 0. The number of nitrogens with one attached hydrogen (secondary N) is 1. The van der Waals surface area contributed by atoms with Gasteiger partial charge in [-0.15, -0.1) is 0 Å². The molecule has 0 bridgehead atoms. The fraction of sp³-hybridized carbons (Fsp3) is 0.200. The molecule has 158 valence electrons. The maximum atomic E-state index is 12.4. The molecule has 0 saturated heterocycles. The summed E-state index contributed by atoms with van der Waals surface area (Å²) in [5.41, 5.74) is 7.77. The number of methoxy groups -OCH3 is 1. The zero-order chi connectivity index (χ0) is 22.1. The smallest absolute Gasteiger partial charge is 0.249 e. The SMILES string of the molecule is COc1c(/C(C)=C/C(=O)Nc2ccon2)cc2c(-c3ccc(C)cc3C)coc2c1C. The second kappa shape index (κ2) is 8.14. The molecule has 0 saturated carbocycles. The normalized spacial score (nSPS) is 11.7. The first-order chi connectivity index (χ1) is 14.9. The average Bonchev–Trinajstić information content (AvgIpc) is 3.38. The van der Waals surface area contributed by atoms with Crippen LogP contribution in [0, 0.1) is 20.8 Å². The fourth-order valence-corrected chi connectivity index (χ4v) is 3.91. The van der Waals surface area contributed by atoms with Crippen LogP contribution < -0.4 is 10.1 Å². The van der Waals surface area contributed by atoms with Crippen LogP contribution in [0.4, 0.5) is 5.82 Å². The summed E-state index contributed by atoms with van der Waals surface area (Å²) in [5.74, 6) is 0.740. The van der Waals surface area contributed by atoms with Gasteiger partial charge in [0.15, 0.2) is 5.82 Å². The largest absolute Gasteiger partial charge is 0.496 e. The Kier molecular flexibility index (Phi) is 5.38. The number of allylic oxidation sites excluding steroid dienone is 1. The molecule has 0 aliphatic rings. The summed E-state index contributed by atoms with van der Waals surface area (Å²) in [7, 11) is 1.62. The van der Waals surface area contributed by atoms with E-state index in [9.17, 15) is 4.79 Å². The van der Waals surface area contributed by atoms with Gasteiger partial charge >= 0.3 is 0 Å². The number of anilines is 1. The standard InChI is InChI=1S/C25H24N2O4/c1-14-6-7-18(15(2)10-14)21-13-30-25-17(4)24(29-5)19(12-20(21)25)16(3)11-23(28)26-22-8-9-31-27-22/h6-13H,1-5H3,(H,26,27,28)/b16-11+. The number of fused-ring (bicyclic) bond motifs is 1. The van der Waals surface area contributed by atoms with Gasteiger partial charge < -0.3 is 19.0 Å². The molecule has 0 spiro atoms. The summed E-state index contributed by atoms with van der Waals surface area (Å²) in [6.07, 6.45) is 4.71. The van der Waals surface area contributed by atoms with E-state index in [1.165, 1.54) is 23.5 Å². The predicted octanol–water partition coefficient (Wildman–Crippen LogP) is 6.06. The summed E-state index contributed by atoms with van der Waals surface area (Å²) in [6, 6.07) is 9.97. The van der Waals surface area contributed by atoms with E-state index in [0.717, 1.165) is 38.8 Å². The molecular weight excluding hydrogens is 392 g/mol. The Morgan fingerprint density at radius 1 is 1.13 bits per heavy atom. The highest BCUT2D eigenvalue weighted by atomic mass is 16.5. The highest BCUT2D eigenvalue weighted by Crippen LogP contribution is 2.41. The lowest BCUT2D eigenvalue weighted by atomic mass is 9.94. The lowest BCUT2D eigenvalue weighted by Crippen LogP contribution is -2.09. The molecule has 4 rings (SSSR count). The van der Waals surface area contributed by atoms with Gasteiger partial charge in [-0.1, -0.05) is 28.9 Å². The highest BCUT2D eigenvalue weighted by molar-refractivity contribution is 6.05. The zero-order valence-electron chi connectivity index (χ0n) is 18.2. The molecule has 0 aliphatic carbocycles. The number of carbonyl (C=O) groups is 1. The van der Waals surface area contributed by atoms with Gasteiger partial charge in [-0.25, -0.2) is 0 Å². The van der Waals surface area contributed by atoms with Crippen LogP contribution >= 0.6 is 0 Å². The highest BCUT2D eigenvalue weighted by Gasteiger charge is 2.19. The van der Waals surface area contributed by atoms with Crippen molar-refractivity contribution in [2.45, 2.75) is 27.7 Å². The third-order valence-corrected chi connectivity index (χ3v) is 5.38. The van der Waals surface area contributed by atoms with Gasteiger partial charge in [-0.05, 0) is 50.5 Å².